The van der Waals surface area contributed by atoms with Gasteiger partial charge in [-0.2, -0.15) is 0 Å². The van der Waals surface area contributed by atoms with Crippen LogP contribution in [0, 0.1) is 50.2 Å². The van der Waals surface area contributed by atoms with Gasteiger partial charge in [0.2, 0.25) is 0 Å². The highest BCUT2D eigenvalue weighted by atomic mass is 16.4. The van der Waals surface area contributed by atoms with Gasteiger partial charge < -0.3 is 10.2 Å². The second-order valence-electron chi connectivity index (χ2n) is 14.9. The van der Waals surface area contributed by atoms with Crippen LogP contribution in [-0.2, 0) is 4.79 Å². The SMILES string of the molecule is CC1(C)[C@@H](O)CC[C@]2(C)[C@H]3CC[C@@]4(C)[C@@H]5C[C@](C)(C(=O)O)CC[C@]5(C)CC[C@]4(C)C3=CC[C@@H]12. The lowest BCUT2D eigenvalue weighted by Gasteiger charge is -2.71. The number of hydrogen-bond acceptors (Lipinski definition) is 2. The molecule has 0 unspecified atom stereocenters. The quantitative estimate of drug-likeness (QED) is 0.409. The molecule has 186 valence electrons. The molecule has 0 amide bonds. The first-order valence-electron chi connectivity index (χ1n) is 13.8. The van der Waals surface area contributed by atoms with Crippen molar-refractivity contribution in [2.75, 3.05) is 0 Å². The third-order valence-electron chi connectivity index (χ3n) is 13.3. The summed E-state index contributed by atoms with van der Waals surface area (Å²) in [7, 11) is 0. The van der Waals surface area contributed by atoms with Gasteiger partial charge in [0.05, 0.1) is 11.5 Å². The van der Waals surface area contributed by atoms with Crippen LogP contribution < -0.4 is 0 Å². The van der Waals surface area contributed by atoms with Crippen molar-refractivity contribution in [3.05, 3.63) is 11.6 Å². The number of rotatable bonds is 1. The molecular formula is C30H48O3. The van der Waals surface area contributed by atoms with Gasteiger partial charge in [0, 0.05) is 0 Å². The van der Waals surface area contributed by atoms with Gasteiger partial charge >= 0.3 is 5.97 Å². The van der Waals surface area contributed by atoms with Gasteiger partial charge in [0.15, 0.2) is 0 Å². The lowest BCUT2D eigenvalue weighted by molar-refractivity contribution is -0.187. The molecule has 3 heteroatoms. The third kappa shape index (κ3) is 2.87. The second-order valence-corrected chi connectivity index (χ2v) is 14.9. The summed E-state index contributed by atoms with van der Waals surface area (Å²) in [6.45, 7) is 16.7. The van der Waals surface area contributed by atoms with Gasteiger partial charge in [-0.15, -0.1) is 0 Å². The predicted molar refractivity (Wildman–Crippen MR) is 133 cm³/mol. The first kappa shape index (κ1) is 23.9. The Balaban J connectivity index is 1.56. The molecule has 0 bridgehead atoms. The molecule has 5 aliphatic rings. The van der Waals surface area contributed by atoms with E-state index < -0.39 is 11.4 Å². The highest BCUT2D eigenvalue weighted by Crippen LogP contribution is 2.75. The molecule has 0 aromatic rings. The second kappa shape index (κ2) is 6.89. The summed E-state index contributed by atoms with van der Waals surface area (Å²) in [5.41, 5.74) is 1.96. The van der Waals surface area contributed by atoms with Crippen LogP contribution in [0.5, 0.6) is 0 Å². The minimum Gasteiger partial charge on any atom is -0.481 e. The topological polar surface area (TPSA) is 57.5 Å². The van der Waals surface area contributed by atoms with Crippen LogP contribution in [0.1, 0.15) is 113 Å². The molecule has 0 aliphatic heterocycles. The number of hydrogen-bond donors (Lipinski definition) is 2. The van der Waals surface area contributed by atoms with E-state index in [1.54, 1.807) is 5.57 Å². The molecule has 0 spiro atoms. The Bertz CT molecular complexity index is 889. The van der Waals surface area contributed by atoms with Gasteiger partial charge in [-0.3, -0.25) is 4.79 Å². The van der Waals surface area contributed by atoms with E-state index in [0.717, 1.165) is 38.5 Å². The smallest absolute Gasteiger partial charge is 0.309 e. The van der Waals surface area contributed by atoms with Gasteiger partial charge in [-0.1, -0.05) is 53.2 Å². The summed E-state index contributed by atoms with van der Waals surface area (Å²) < 4.78 is 0. The van der Waals surface area contributed by atoms with E-state index in [9.17, 15) is 15.0 Å². The maximum absolute atomic E-state index is 12.3. The number of carbonyl (C=O) groups is 1. The third-order valence-corrected chi connectivity index (χ3v) is 13.3. The monoisotopic (exact) mass is 456 g/mol. The molecule has 4 saturated carbocycles. The predicted octanol–water partition coefficient (Wildman–Crippen LogP) is 7.23. The Labute approximate surface area is 201 Å². The summed E-state index contributed by atoms with van der Waals surface area (Å²) in [5.74, 6) is 1.02. The van der Waals surface area contributed by atoms with Gasteiger partial charge in [-0.05, 0) is 116 Å². The highest BCUT2D eigenvalue weighted by Gasteiger charge is 2.68. The zero-order valence-corrected chi connectivity index (χ0v) is 22.3. The van der Waals surface area contributed by atoms with Crippen LogP contribution in [-0.4, -0.2) is 22.3 Å². The number of aliphatic hydroxyl groups excluding tert-OH is 1. The van der Waals surface area contributed by atoms with Crippen molar-refractivity contribution in [3.63, 3.8) is 0 Å². The molecular weight excluding hydrogens is 408 g/mol. The fraction of sp³-hybridized carbons (Fsp3) is 0.900. The maximum Gasteiger partial charge on any atom is 0.309 e. The number of allylic oxidation sites excluding steroid dienone is 2. The molecule has 9 atom stereocenters. The van der Waals surface area contributed by atoms with Crippen LogP contribution in [0.25, 0.3) is 0 Å². The van der Waals surface area contributed by atoms with Gasteiger partial charge in [-0.25, -0.2) is 0 Å². The van der Waals surface area contributed by atoms with Crippen LogP contribution in [0.15, 0.2) is 11.6 Å². The van der Waals surface area contributed by atoms with Crippen LogP contribution in [0.4, 0.5) is 0 Å². The molecule has 0 saturated heterocycles. The van der Waals surface area contributed by atoms with E-state index in [4.69, 9.17) is 0 Å². The first-order chi connectivity index (χ1) is 15.1. The van der Waals surface area contributed by atoms with Crippen molar-refractivity contribution in [3.8, 4) is 0 Å². The molecule has 5 aliphatic carbocycles. The average molecular weight is 457 g/mol. The normalized spacial score (nSPS) is 55.3. The standard InChI is InChI=1S/C30H48O3/c1-25(2)21-9-8-20-19(28(21,5)12-11-23(25)31)10-13-30(7)22-18-27(4,24(32)33)15-14-26(22,3)16-17-29(20,30)6/h8,19,21-23,31H,9-18H2,1-7H3,(H,32,33)/t19-,21-,22+,23-,26+,27+,28+,29+,30-/m0/s1. The van der Waals surface area contributed by atoms with Crippen molar-refractivity contribution in [1.29, 1.82) is 0 Å². The summed E-state index contributed by atoms with van der Waals surface area (Å²) in [6.07, 6.45) is 13.2. The summed E-state index contributed by atoms with van der Waals surface area (Å²) in [5, 5.41) is 21.0. The molecule has 5 rings (SSSR count). The molecule has 0 radical (unpaired) electrons. The van der Waals surface area contributed by atoms with Crippen molar-refractivity contribution in [2.45, 2.75) is 119 Å². The van der Waals surface area contributed by atoms with E-state index in [1.165, 1.54) is 25.7 Å². The minimum absolute atomic E-state index is 0.0332. The molecule has 4 fully saturated rings. The number of aliphatic carboxylic acids is 1. The van der Waals surface area contributed by atoms with Gasteiger partial charge in [0.1, 0.15) is 0 Å². The Kier molecular flexibility index (Phi) is 4.99. The van der Waals surface area contributed by atoms with E-state index in [-0.39, 0.29) is 33.2 Å². The average Bonchev–Trinajstić information content (AvgIpc) is 2.74. The Morgan fingerprint density at radius 1 is 0.879 bits per heavy atom. The molecule has 0 aromatic heterocycles. The Hall–Kier alpha value is -0.830. The summed E-state index contributed by atoms with van der Waals surface area (Å²) in [4.78, 5) is 12.3. The Morgan fingerprint density at radius 2 is 1.55 bits per heavy atom. The molecule has 0 heterocycles. The van der Waals surface area contributed by atoms with Crippen molar-refractivity contribution in [2.24, 2.45) is 50.2 Å². The van der Waals surface area contributed by atoms with Gasteiger partial charge in [0.25, 0.3) is 0 Å². The van der Waals surface area contributed by atoms with Crippen molar-refractivity contribution in [1.82, 2.24) is 0 Å². The zero-order chi connectivity index (χ0) is 24.2. The summed E-state index contributed by atoms with van der Waals surface area (Å²) >= 11 is 0. The number of carboxylic acids is 1. The van der Waals surface area contributed by atoms with Crippen LogP contribution in [0.2, 0.25) is 0 Å². The maximum atomic E-state index is 12.3. The molecule has 3 nitrogen and oxygen atoms in total. The highest BCUT2D eigenvalue weighted by molar-refractivity contribution is 5.74. The number of aliphatic hydroxyl groups is 1. The van der Waals surface area contributed by atoms with E-state index in [2.05, 4.69) is 47.6 Å². The fourth-order valence-corrected chi connectivity index (χ4v) is 10.5. The minimum atomic E-state index is -0.593. The first-order valence-corrected chi connectivity index (χ1v) is 13.8. The van der Waals surface area contributed by atoms with E-state index in [1.807, 2.05) is 6.92 Å². The zero-order valence-electron chi connectivity index (χ0n) is 22.3. The molecule has 33 heavy (non-hydrogen) atoms. The molecule has 2 N–H and O–H groups in total. The lowest BCUT2D eigenvalue weighted by Crippen LogP contribution is -2.63. The number of carboxylic acid groups (broad SMARTS) is 1. The molecule has 0 aromatic carbocycles. The van der Waals surface area contributed by atoms with E-state index in [0.29, 0.717) is 17.8 Å². The van der Waals surface area contributed by atoms with Crippen LogP contribution in [0.3, 0.4) is 0 Å². The number of fused-ring (bicyclic) bond motifs is 7. The Morgan fingerprint density at radius 3 is 2.21 bits per heavy atom. The fourth-order valence-electron chi connectivity index (χ4n) is 10.5. The van der Waals surface area contributed by atoms with Crippen LogP contribution >= 0.6 is 0 Å². The van der Waals surface area contributed by atoms with Crippen molar-refractivity contribution < 1.29 is 15.0 Å². The summed E-state index contributed by atoms with van der Waals surface area (Å²) in [6, 6.07) is 0. The largest absolute Gasteiger partial charge is 0.481 e. The van der Waals surface area contributed by atoms with E-state index >= 15 is 0 Å². The van der Waals surface area contributed by atoms with Crippen molar-refractivity contribution >= 4 is 5.97 Å². The lowest BCUT2D eigenvalue weighted by atomic mass is 9.34.